The smallest absolute Gasteiger partial charge is 0.481 e. The van der Waals surface area contributed by atoms with Crippen LogP contribution in [0.4, 0.5) is 5.82 Å². The number of thioether (sulfide) groups is 1. The summed E-state index contributed by atoms with van der Waals surface area (Å²) in [5, 5.41) is 42.8. The first kappa shape index (κ1) is 51.6. The second-order valence-electron chi connectivity index (χ2n) is 13.2. The minimum Gasteiger partial charge on any atom is -0.483 e. The van der Waals surface area contributed by atoms with E-state index in [9.17, 15) is 63.0 Å². The van der Waals surface area contributed by atoms with Crippen LogP contribution < -0.4 is 16.4 Å². The molecule has 1 fully saturated rings. The third kappa shape index (κ3) is 15.8. The number of amides is 2. The van der Waals surface area contributed by atoms with E-state index in [1.54, 1.807) is 30.3 Å². The van der Waals surface area contributed by atoms with Gasteiger partial charge in [0.25, 0.3) is 6.47 Å². The monoisotopic (exact) mass is 947 g/mol. The van der Waals surface area contributed by atoms with E-state index in [1.165, 1.54) is 13.8 Å². The van der Waals surface area contributed by atoms with Gasteiger partial charge in [-0.1, -0.05) is 55.9 Å². The quantitative estimate of drug-likeness (QED) is 0.0350. The molecule has 12 N–H and O–H groups in total. The summed E-state index contributed by atoms with van der Waals surface area (Å²) in [5.41, 5.74) is 4.65. The number of phosphoric acid groups is 3. The molecule has 61 heavy (non-hydrogen) atoms. The van der Waals surface area contributed by atoms with Gasteiger partial charge in [0.15, 0.2) is 17.7 Å². The van der Waals surface area contributed by atoms with E-state index in [4.69, 9.17) is 29.4 Å². The number of nitrogens with two attached hydrogens (primary N) is 1. The molecule has 2 amide bonds. The molecule has 1 aliphatic heterocycles. The number of carbonyl (C=O) groups excluding carboxylic acids is 3. The Morgan fingerprint density at radius 2 is 1.66 bits per heavy atom. The van der Waals surface area contributed by atoms with E-state index < -0.39 is 95.8 Å². The Bertz CT molecular complexity index is 2110. The van der Waals surface area contributed by atoms with Crippen molar-refractivity contribution in [2.75, 3.05) is 37.8 Å². The molecule has 0 spiro atoms. The van der Waals surface area contributed by atoms with Gasteiger partial charge in [0, 0.05) is 30.7 Å². The number of ether oxygens (including phenoxy) is 1. The molecule has 31 heteroatoms. The summed E-state index contributed by atoms with van der Waals surface area (Å²) in [6.07, 6.45) is -8.37. The topological polar surface area (TPSA) is 421 Å². The number of carbonyl (C=O) groups is 4. The van der Waals surface area contributed by atoms with Crippen molar-refractivity contribution in [3.8, 4) is 0 Å². The maximum atomic E-state index is 12.7. The molecule has 3 heterocycles. The van der Waals surface area contributed by atoms with Gasteiger partial charge in [-0.25, -0.2) is 28.6 Å². The van der Waals surface area contributed by atoms with Gasteiger partial charge in [-0.15, -0.1) is 0 Å². The van der Waals surface area contributed by atoms with Gasteiger partial charge >= 0.3 is 23.5 Å². The Balaban J connectivity index is 0.00000321. The van der Waals surface area contributed by atoms with Gasteiger partial charge in [0.05, 0.1) is 19.5 Å². The van der Waals surface area contributed by atoms with E-state index >= 15 is 0 Å². The highest BCUT2D eigenvalue weighted by Gasteiger charge is 2.50. The van der Waals surface area contributed by atoms with E-state index in [-0.39, 0.29) is 48.7 Å². The molecule has 4 rings (SSSR count). The van der Waals surface area contributed by atoms with Gasteiger partial charge in [-0.2, -0.15) is 4.31 Å². The van der Waals surface area contributed by atoms with Crippen LogP contribution in [0.1, 0.15) is 38.2 Å². The van der Waals surface area contributed by atoms with Gasteiger partial charge in [0.2, 0.25) is 16.9 Å². The number of phosphoric ester groups is 3. The number of fused-ring (bicyclic) bond motifs is 1. The predicted molar refractivity (Wildman–Crippen MR) is 207 cm³/mol. The predicted octanol–water partition coefficient (Wildman–Crippen LogP) is -0.901. The normalized spacial score (nSPS) is 20.9. The maximum Gasteiger partial charge on any atom is 0.481 e. The molecule has 340 valence electrons. The second kappa shape index (κ2) is 22.5. The van der Waals surface area contributed by atoms with E-state index in [2.05, 4.69) is 34.4 Å². The Hall–Kier alpha value is -3.79. The molecule has 1 aromatic carbocycles. The van der Waals surface area contributed by atoms with Crippen LogP contribution in [-0.4, -0.2) is 139 Å². The summed E-state index contributed by atoms with van der Waals surface area (Å²) >= 11 is 0.823. The summed E-state index contributed by atoms with van der Waals surface area (Å²) in [5.74, 6) is -1.40. The summed E-state index contributed by atoms with van der Waals surface area (Å²) in [7, 11) is -16.4. The highest BCUT2D eigenvalue weighted by Crippen LogP contribution is 2.61. The number of hydrogen-bond acceptors (Lipinski definition) is 20. The highest BCUT2D eigenvalue weighted by atomic mass is 32.2. The zero-order valence-electron chi connectivity index (χ0n) is 31.9. The van der Waals surface area contributed by atoms with Crippen molar-refractivity contribution in [2.24, 2.45) is 5.41 Å². The number of nitrogen functional groups attached to an aromatic ring is 1. The molecule has 0 bridgehead atoms. The van der Waals surface area contributed by atoms with Crippen molar-refractivity contribution in [1.82, 2.24) is 30.2 Å². The molecule has 0 aliphatic carbocycles. The zero-order chi connectivity index (χ0) is 45.8. The van der Waals surface area contributed by atoms with Gasteiger partial charge < -0.3 is 61.1 Å². The number of nitrogens with zero attached hydrogens (tertiary/aromatic N) is 4. The number of aliphatic hydroxyl groups excluding tert-OH is 3. The molecule has 3 aromatic rings. The largest absolute Gasteiger partial charge is 0.483 e. The number of aromatic nitrogens is 4. The number of carboxylic acid groups (broad SMARTS) is 1. The van der Waals surface area contributed by atoms with Crippen LogP contribution in [0.5, 0.6) is 0 Å². The average molecular weight is 948 g/mol. The molecule has 2 aromatic heterocycles. The van der Waals surface area contributed by atoms with E-state index in [1.807, 2.05) is 0 Å². The number of nitrogens with one attached hydrogen (secondary N) is 2. The molecule has 0 radical (unpaired) electrons. The van der Waals surface area contributed by atoms with Crippen molar-refractivity contribution in [3.05, 3.63) is 48.5 Å². The van der Waals surface area contributed by atoms with Crippen molar-refractivity contribution in [3.63, 3.8) is 0 Å². The molecule has 3 unspecified atom stereocenters. The first-order chi connectivity index (χ1) is 28.4. The second-order valence-corrected chi connectivity index (χ2v) is 18.5. The summed E-state index contributed by atoms with van der Waals surface area (Å²) < 4.78 is 62.1. The minimum atomic E-state index is -5.59. The summed E-state index contributed by atoms with van der Waals surface area (Å²) in [4.78, 5) is 96.2. The molecule has 1 saturated heterocycles. The number of aliphatic hydroxyl groups is 3. The number of benzene rings is 1. The van der Waals surface area contributed by atoms with Crippen molar-refractivity contribution >= 4 is 75.6 Å². The van der Waals surface area contributed by atoms with Gasteiger partial charge in [0.1, 0.15) is 42.4 Å². The molecule has 27 nitrogen and oxygen atoms in total. The molecule has 1 aliphatic rings. The lowest BCUT2D eigenvalue weighted by Gasteiger charge is -2.30. The lowest BCUT2D eigenvalue weighted by Crippen LogP contribution is -2.46. The Kier molecular flexibility index (Phi) is 19.0. The zero-order valence-corrected chi connectivity index (χ0v) is 35.4. The third-order valence-corrected chi connectivity index (χ3v) is 12.1. The Morgan fingerprint density at radius 1 is 1.02 bits per heavy atom. The first-order valence-electron chi connectivity index (χ1n) is 17.3. The number of hydrogen-bond donors (Lipinski definition) is 11. The van der Waals surface area contributed by atoms with E-state index in [0.29, 0.717) is 5.56 Å². The molecule has 8 atom stereocenters. The standard InChI is InChI=1S/C29H42N7O18P3S.CH2O2/c1-29(2,23(40)26(41)32-9-8-18(37)31-10-11-58-28(42)20(38)16-6-4-3-5-7-16)13-51-57(48,49)54-56(46,47)50-12-17-22(53-55(43,44)45)21(39)27(52-17)36-15-35-19-24(30)33-14-34-25(19)36;2-1-3/h3-7,14-15,17,20-23,27,38-40H,8-13H2,1-2H3,(H,31,37)(H,32,41)(H,46,47)(H,48,49)(H2,30,33,34)(H2,43,44,45);1H,(H,2,3)/t17-,20?,21-,22-,23+,27-;/m1./s1. The molecular formula is C30H44N7O20P3S. The number of imidazole rings is 1. The first-order valence-corrected chi connectivity index (χ1v) is 22.8. The Labute approximate surface area is 349 Å². The maximum absolute atomic E-state index is 12.7. The summed E-state index contributed by atoms with van der Waals surface area (Å²) in [6, 6.07) is 8.29. The summed E-state index contributed by atoms with van der Waals surface area (Å²) in [6.45, 7) is 0.000491. The van der Waals surface area contributed by atoms with Crippen LogP contribution in [0.2, 0.25) is 0 Å². The van der Waals surface area contributed by atoms with Crippen LogP contribution in [0.15, 0.2) is 43.0 Å². The van der Waals surface area contributed by atoms with Gasteiger partial charge in [-0.3, -0.25) is 37.3 Å². The van der Waals surface area contributed by atoms with Crippen molar-refractivity contribution in [1.29, 1.82) is 0 Å². The van der Waals surface area contributed by atoms with Crippen LogP contribution in [0.25, 0.3) is 11.2 Å². The highest BCUT2D eigenvalue weighted by molar-refractivity contribution is 8.13. The van der Waals surface area contributed by atoms with Gasteiger partial charge in [-0.05, 0) is 5.56 Å². The fourth-order valence-electron chi connectivity index (χ4n) is 5.13. The number of rotatable bonds is 21. The SMILES string of the molecule is CC(C)(COP(=O)(O)OP(=O)(O)OC[C@H]1O[C@@H](n2cnc3c(N)ncnc32)[C@H](O)[C@@H]1OP(=O)(O)O)[C@@H](O)C(=O)NCCC(=O)NCCSC(=O)C(O)c1ccccc1.O=CO. The Morgan fingerprint density at radius 3 is 2.30 bits per heavy atom. The molecular weight excluding hydrogens is 903 g/mol. The van der Waals surface area contributed by atoms with Crippen LogP contribution in [0, 0.1) is 5.41 Å². The fraction of sp³-hybridized carbons (Fsp3) is 0.500. The van der Waals surface area contributed by atoms with E-state index in [0.717, 1.165) is 29.0 Å². The van der Waals surface area contributed by atoms with Crippen molar-refractivity contribution in [2.45, 2.75) is 57.0 Å². The van der Waals surface area contributed by atoms with Crippen LogP contribution >= 0.6 is 35.2 Å². The number of anilines is 1. The lowest BCUT2D eigenvalue weighted by molar-refractivity contribution is -0.137. The lowest BCUT2D eigenvalue weighted by atomic mass is 9.87. The fourth-order valence-corrected chi connectivity index (χ4v) is 8.66. The molecule has 0 saturated carbocycles. The van der Waals surface area contributed by atoms with Crippen LogP contribution in [0.3, 0.4) is 0 Å². The average Bonchev–Trinajstić information content (AvgIpc) is 3.74. The minimum absolute atomic E-state index is 0.0235. The van der Waals surface area contributed by atoms with Crippen LogP contribution in [-0.2, 0) is 55.5 Å². The van der Waals surface area contributed by atoms with Crippen molar-refractivity contribution < 1.29 is 95.5 Å². The third-order valence-electron chi connectivity index (χ3n) is 8.08.